The highest BCUT2D eigenvalue weighted by atomic mass is 35.5. The van der Waals surface area contributed by atoms with Crippen LogP contribution >= 0.6 is 12.4 Å². The van der Waals surface area contributed by atoms with Crippen LogP contribution in [-0.4, -0.2) is 68.9 Å². The SMILES string of the molecule is COc1cccc2c1CC[C@H]1[C@@H]2CCN1CCN1CCOCC1.Cl. The first-order chi connectivity index (χ1) is 11.4. The number of hydrogen-bond acceptors (Lipinski definition) is 4. The first-order valence-corrected chi connectivity index (χ1v) is 9.07. The molecule has 5 heteroatoms. The van der Waals surface area contributed by atoms with Gasteiger partial charge in [-0.05, 0) is 43.0 Å². The minimum absolute atomic E-state index is 0. The first-order valence-electron chi connectivity index (χ1n) is 9.07. The molecule has 3 aliphatic rings. The Morgan fingerprint density at radius 3 is 2.75 bits per heavy atom. The molecule has 0 saturated carbocycles. The summed E-state index contributed by atoms with van der Waals surface area (Å²) in [6, 6.07) is 7.34. The van der Waals surface area contributed by atoms with Crippen molar-refractivity contribution in [3.05, 3.63) is 29.3 Å². The van der Waals surface area contributed by atoms with E-state index in [9.17, 15) is 0 Å². The Morgan fingerprint density at radius 2 is 1.96 bits per heavy atom. The van der Waals surface area contributed by atoms with Crippen molar-refractivity contribution < 1.29 is 9.47 Å². The maximum atomic E-state index is 5.58. The molecule has 1 aliphatic carbocycles. The second kappa shape index (κ2) is 8.05. The molecule has 2 saturated heterocycles. The molecule has 2 heterocycles. The Hall–Kier alpha value is -0.810. The average Bonchev–Trinajstić information content (AvgIpc) is 3.04. The molecule has 0 spiro atoms. The topological polar surface area (TPSA) is 24.9 Å². The molecule has 0 radical (unpaired) electrons. The number of ether oxygens (including phenoxy) is 2. The van der Waals surface area contributed by atoms with E-state index in [1.54, 1.807) is 12.7 Å². The van der Waals surface area contributed by atoms with E-state index in [2.05, 4.69) is 28.0 Å². The fraction of sp³-hybridized carbons (Fsp3) is 0.684. The summed E-state index contributed by atoms with van der Waals surface area (Å²) in [5.74, 6) is 1.80. The Morgan fingerprint density at radius 1 is 1.12 bits per heavy atom. The predicted molar refractivity (Wildman–Crippen MR) is 98.5 cm³/mol. The van der Waals surface area contributed by atoms with Crippen molar-refractivity contribution in [1.82, 2.24) is 9.80 Å². The molecule has 0 amide bonds. The van der Waals surface area contributed by atoms with Gasteiger partial charge in [0.2, 0.25) is 0 Å². The van der Waals surface area contributed by atoms with Gasteiger partial charge in [-0.1, -0.05) is 12.1 Å². The maximum Gasteiger partial charge on any atom is 0.122 e. The van der Waals surface area contributed by atoms with Gasteiger partial charge in [-0.25, -0.2) is 0 Å². The molecule has 2 fully saturated rings. The fourth-order valence-electron chi connectivity index (χ4n) is 4.72. The van der Waals surface area contributed by atoms with Crippen molar-refractivity contribution in [2.24, 2.45) is 0 Å². The summed E-state index contributed by atoms with van der Waals surface area (Å²) >= 11 is 0. The lowest BCUT2D eigenvalue weighted by molar-refractivity contribution is 0.0322. The zero-order valence-electron chi connectivity index (χ0n) is 14.6. The second-order valence-corrected chi connectivity index (χ2v) is 7.02. The van der Waals surface area contributed by atoms with E-state index < -0.39 is 0 Å². The molecule has 0 bridgehead atoms. The number of morpholine rings is 1. The van der Waals surface area contributed by atoms with Crippen molar-refractivity contribution in [2.75, 3.05) is 53.0 Å². The minimum atomic E-state index is 0. The monoisotopic (exact) mass is 352 g/mol. The zero-order valence-corrected chi connectivity index (χ0v) is 15.4. The Bertz CT molecular complexity index is 548. The van der Waals surface area contributed by atoms with Crippen LogP contribution in [0.2, 0.25) is 0 Å². The lowest BCUT2D eigenvalue weighted by atomic mass is 9.79. The Kier molecular flexibility index (Phi) is 6.03. The minimum Gasteiger partial charge on any atom is -0.496 e. The third kappa shape index (κ3) is 3.43. The summed E-state index contributed by atoms with van der Waals surface area (Å²) in [6.07, 6.45) is 3.74. The van der Waals surface area contributed by atoms with Crippen molar-refractivity contribution in [1.29, 1.82) is 0 Å². The van der Waals surface area contributed by atoms with Crippen molar-refractivity contribution in [2.45, 2.75) is 31.2 Å². The number of rotatable bonds is 4. The van der Waals surface area contributed by atoms with Gasteiger partial charge in [0.1, 0.15) is 5.75 Å². The normalized spacial score (nSPS) is 27.2. The summed E-state index contributed by atoms with van der Waals surface area (Å²) in [5, 5.41) is 0. The number of hydrogen-bond donors (Lipinski definition) is 0. The highest BCUT2D eigenvalue weighted by Gasteiger charge is 2.39. The molecule has 2 atom stereocenters. The van der Waals surface area contributed by atoms with Gasteiger partial charge < -0.3 is 9.47 Å². The van der Waals surface area contributed by atoms with E-state index in [0.29, 0.717) is 5.92 Å². The van der Waals surface area contributed by atoms with E-state index in [1.165, 1.54) is 38.0 Å². The van der Waals surface area contributed by atoms with E-state index >= 15 is 0 Å². The van der Waals surface area contributed by atoms with Crippen molar-refractivity contribution >= 4 is 12.4 Å². The molecule has 1 aromatic carbocycles. The standard InChI is InChI=1S/C19H28N2O2.ClH/c1-22-19-4-2-3-15-16-7-8-21(18(16)6-5-17(15)19)10-9-20-11-13-23-14-12-20;/h2-4,16,18H,5-14H2,1H3;1H/t16-,18+;/m1./s1. The van der Waals surface area contributed by atoms with Gasteiger partial charge in [0, 0.05) is 38.1 Å². The molecule has 0 unspecified atom stereocenters. The van der Waals surface area contributed by atoms with Crippen LogP contribution in [0.15, 0.2) is 18.2 Å². The van der Waals surface area contributed by atoms with Gasteiger partial charge in [-0.2, -0.15) is 0 Å². The Balaban J connectivity index is 0.00000169. The van der Waals surface area contributed by atoms with Crippen molar-refractivity contribution in [3.8, 4) is 5.75 Å². The second-order valence-electron chi connectivity index (χ2n) is 7.02. The van der Waals surface area contributed by atoms with Crippen LogP contribution in [0.4, 0.5) is 0 Å². The van der Waals surface area contributed by atoms with Gasteiger partial charge >= 0.3 is 0 Å². The molecule has 4 nitrogen and oxygen atoms in total. The lowest BCUT2D eigenvalue weighted by Gasteiger charge is -2.35. The molecule has 0 N–H and O–H groups in total. The number of methoxy groups -OCH3 is 1. The molecule has 4 rings (SSSR count). The van der Waals surface area contributed by atoms with Crippen LogP contribution in [0.25, 0.3) is 0 Å². The quantitative estimate of drug-likeness (QED) is 0.831. The third-order valence-electron chi connectivity index (χ3n) is 5.95. The van der Waals surface area contributed by atoms with Gasteiger partial charge in [0.15, 0.2) is 0 Å². The molecular weight excluding hydrogens is 324 g/mol. The van der Waals surface area contributed by atoms with Crippen molar-refractivity contribution in [3.63, 3.8) is 0 Å². The number of fused-ring (bicyclic) bond motifs is 3. The van der Waals surface area contributed by atoms with E-state index in [-0.39, 0.29) is 12.4 Å². The largest absolute Gasteiger partial charge is 0.496 e. The Labute approximate surface area is 151 Å². The predicted octanol–water partition coefficient (Wildman–Crippen LogP) is 2.55. The zero-order chi connectivity index (χ0) is 15.6. The lowest BCUT2D eigenvalue weighted by Crippen LogP contribution is -2.43. The van der Waals surface area contributed by atoms with Crippen LogP contribution in [0.5, 0.6) is 5.75 Å². The summed E-state index contributed by atoms with van der Waals surface area (Å²) in [5.41, 5.74) is 3.01. The summed E-state index contributed by atoms with van der Waals surface area (Å²) < 4.78 is 11.0. The highest BCUT2D eigenvalue weighted by molar-refractivity contribution is 5.85. The molecule has 134 valence electrons. The number of halogens is 1. The van der Waals surface area contributed by atoms with E-state index in [4.69, 9.17) is 9.47 Å². The fourth-order valence-corrected chi connectivity index (χ4v) is 4.72. The molecule has 2 aliphatic heterocycles. The van der Waals surface area contributed by atoms with Gasteiger partial charge in [-0.3, -0.25) is 9.80 Å². The summed E-state index contributed by atoms with van der Waals surface area (Å²) in [7, 11) is 1.80. The van der Waals surface area contributed by atoms with Crippen LogP contribution in [0, 0.1) is 0 Å². The van der Waals surface area contributed by atoms with Crippen LogP contribution in [0.3, 0.4) is 0 Å². The number of likely N-dealkylation sites (tertiary alicyclic amines) is 1. The molecule has 24 heavy (non-hydrogen) atoms. The van der Waals surface area contributed by atoms with Crippen LogP contribution in [-0.2, 0) is 11.2 Å². The van der Waals surface area contributed by atoms with Gasteiger partial charge in [-0.15, -0.1) is 12.4 Å². The van der Waals surface area contributed by atoms with E-state index in [1.807, 2.05) is 0 Å². The average molecular weight is 353 g/mol. The highest BCUT2D eigenvalue weighted by Crippen LogP contribution is 2.43. The smallest absolute Gasteiger partial charge is 0.122 e. The van der Waals surface area contributed by atoms with Gasteiger partial charge in [0.05, 0.1) is 20.3 Å². The first kappa shape index (κ1) is 18.0. The molecular formula is C19H29ClN2O2. The molecule has 0 aromatic heterocycles. The summed E-state index contributed by atoms with van der Waals surface area (Å²) in [6.45, 7) is 7.65. The third-order valence-corrected chi connectivity index (χ3v) is 5.95. The van der Waals surface area contributed by atoms with Crippen LogP contribution in [0.1, 0.15) is 29.9 Å². The number of nitrogens with zero attached hydrogens (tertiary/aromatic N) is 2. The van der Waals surface area contributed by atoms with Gasteiger partial charge in [0.25, 0.3) is 0 Å². The number of benzene rings is 1. The van der Waals surface area contributed by atoms with Crippen LogP contribution < -0.4 is 4.74 Å². The molecule has 1 aromatic rings. The maximum absolute atomic E-state index is 5.58. The van der Waals surface area contributed by atoms with E-state index in [0.717, 1.165) is 44.5 Å². The summed E-state index contributed by atoms with van der Waals surface area (Å²) in [4.78, 5) is 5.29.